The number of hydrogen-bond acceptors (Lipinski definition) is 4. The van der Waals surface area contributed by atoms with Gasteiger partial charge in [0, 0.05) is 6.04 Å². The molecule has 0 unspecified atom stereocenters. The van der Waals surface area contributed by atoms with Crippen molar-refractivity contribution in [1.29, 1.82) is 5.26 Å². The van der Waals surface area contributed by atoms with Crippen molar-refractivity contribution >= 4 is 18.4 Å². The largest absolute Gasteiger partial charge is 0.469 e. The summed E-state index contributed by atoms with van der Waals surface area (Å²) in [5.74, 6) is -1.05. The Kier molecular flexibility index (Phi) is 6.18. The Hall–Kier alpha value is -1.64. The van der Waals surface area contributed by atoms with E-state index in [0.717, 1.165) is 6.07 Å². The van der Waals surface area contributed by atoms with E-state index in [-0.39, 0.29) is 24.4 Å². The van der Waals surface area contributed by atoms with Gasteiger partial charge in [0.2, 0.25) is 0 Å². The predicted molar refractivity (Wildman–Crippen MR) is 61.9 cm³/mol. The zero-order valence-corrected chi connectivity index (χ0v) is 9.96. The first-order valence-corrected chi connectivity index (χ1v) is 4.60. The molecule has 0 saturated carbocycles. The lowest BCUT2D eigenvalue weighted by Gasteiger charge is -2.10. The maximum absolute atomic E-state index is 13.0. The zero-order chi connectivity index (χ0) is 12.1. The molecule has 0 amide bonds. The molecule has 4 nitrogen and oxygen atoms in total. The topological polar surface area (TPSA) is 76.1 Å². The van der Waals surface area contributed by atoms with Crippen LogP contribution in [-0.4, -0.2) is 13.1 Å². The number of nitrogens with two attached hydrogens (primary N) is 1. The van der Waals surface area contributed by atoms with Gasteiger partial charge in [0.15, 0.2) is 0 Å². The molecule has 0 bridgehead atoms. The van der Waals surface area contributed by atoms with Gasteiger partial charge in [0.25, 0.3) is 0 Å². The summed E-state index contributed by atoms with van der Waals surface area (Å²) in [4.78, 5) is 11.0. The average Bonchev–Trinajstić information content (AvgIpc) is 2.29. The Morgan fingerprint density at radius 3 is 2.82 bits per heavy atom. The van der Waals surface area contributed by atoms with Gasteiger partial charge in [-0.15, -0.1) is 12.4 Å². The highest BCUT2D eigenvalue weighted by atomic mass is 35.5. The van der Waals surface area contributed by atoms with Crippen molar-refractivity contribution in [2.24, 2.45) is 5.73 Å². The number of ether oxygens (including phenoxy) is 1. The first-order valence-electron chi connectivity index (χ1n) is 4.60. The molecule has 1 rings (SSSR count). The van der Waals surface area contributed by atoms with Gasteiger partial charge >= 0.3 is 5.97 Å². The maximum Gasteiger partial charge on any atom is 0.307 e. The van der Waals surface area contributed by atoms with E-state index >= 15 is 0 Å². The Balaban J connectivity index is 0.00000256. The molecule has 0 saturated heterocycles. The van der Waals surface area contributed by atoms with Crippen molar-refractivity contribution in [3.8, 4) is 6.07 Å². The second-order valence-electron chi connectivity index (χ2n) is 3.24. The number of halogens is 2. The molecule has 0 radical (unpaired) electrons. The number of carbonyl (C=O) groups is 1. The highest BCUT2D eigenvalue weighted by Gasteiger charge is 2.13. The van der Waals surface area contributed by atoms with Crippen LogP contribution < -0.4 is 5.73 Å². The van der Waals surface area contributed by atoms with E-state index in [2.05, 4.69) is 4.74 Å². The van der Waals surface area contributed by atoms with Gasteiger partial charge in [-0.1, -0.05) is 6.07 Å². The fourth-order valence-corrected chi connectivity index (χ4v) is 1.24. The van der Waals surface area contributed by atoms with Crippen LogP contribution in [0.4, 0.5) is 4.39 Å². The quantitative estimate of drug-likeness (QED) is 0.837. The van der Waals surface area contributed by atoms with Gasteiger partial charge in [-0.05, 0) is 17.7 Å². The summed E-state index contributed by atoms with van der Waals surface area (Å²) in [6.07, 6.45) is -0.00694. The van der Waals surface area contributed by atoms with Crippen molar-refractivity contribution in [2.45, 2.75) is 12.5 Å². The standard InChI is InChI=1S/C11H11FN2O2.ClH/c1-16-11(15)5-10(14)7-2-3-9(12)8(4-7)6-13;/h2-4,10H,5,14H2,1H3;1H/t10-;/m0./s1. The van der Waals surface area contributed by atoms with Crippen LogP contribution in [0.15, 0.2) is 18.2 Å². The van der Waals surface area contributed by atoms with E-state index < -0.39 is 17.8 Å². The van der Waals surface area contributed by atoms with Crippen LogP contribution in [0.1, 0.15) is 23.6 Å². The van der Waals surface area contributed by atoms with Crippen molar-refractivity contribution in [1.82, 2.24) is 0 Å². The molecular formula is C11H12ClFN2O2. The first-order chi connectivity index (χ1) is 7.58. The summed E-state index contributed by atoms with van der Waals surface area (Å²) < 4.78 is 17.5. The summed E-state index contributed by atoms with van der Waals surface area (Å²) in [7, 11) is 1.26. The number of carbonyl (C=O) groups excluding carboxylic acids is 1. The summed E-state index contributed by atoms with van der Waals surface area (Å²) in [5, 5.41) is 8.63. The third-order valence-corrected chi connectivity index (χ3v) is 2.15. The average molecular weight is 259 g/mol. The molecular weight excluding hydrogens is 247 g/mol. The maximum atomic E-state index is 13.0. The third-order valence-electron chi connectivity index (χ3n) is 2.15. The number of benzene rings is 1. The van der Waals surface area contributed by atoms with Crippen molar-refractivity contribution in [3.05, 3.63) is 35.1 Å². The molecule has 1 aromatic carbocycles. The molecule has 1 atom stereocenters. The van der Waals surface area contributed by atoms with Crippen molar-refractivity contribution < 1.29 is 13.9 Å². The summed E-state index contributed by atoms with van der Waals surface area (Å²) >= 11 is 0. The van der Waals surface area contributed by atoms with Gasteiger partial charge in [-0.3, -0.25) is 4.79 Å². The number of hydrogen-bond donors (Lipinski definition) is 1. The number of nitrogens with zero attached hydrogens (tertiary/aromatic N) is 1. The monoisotopic (exact) mass is 258 g/mol. The minimum Gasteiger partial charge on any atom is -0.469 e. The highest BCUT2D eigenvalue weighted by molar-refractivity contribution is 5.85. The van der Waals surface area contributed by atoms with E-state index in [1.165, 1.54) is 19.2 Å². The zero-order valence-electron chi connectivity index (χ0n) is 9.14. The van der Waals surface area contributed by atoms with Gasteiger partial charge in [0.05, 0.1) is 19.1 Å². The summed E-state index contributed by atoms with van der Waals surface area (Å²) in [5.41, 5.74) is 6.16. The molecule has 0 heterocycles. The third kappa shape index (κ3) is 4.02. The van der Waals surface area contributed by atoms with Crippen LogP contribution >= 0.6 is 12.4 Å². The normalized spacial score (nSPS) is 10.9. The fraction of sp³-hybridized carbons (Fsp3) is 0.273. The second kappa shape index (κ2) is 6.84. The van der Waals surface area contributed by atoms with Crippen LogP contribution in [0.3, 0.4) is 0 Å². The first kappa shape index (κ1) is 15.4. The van der Waals surface area contributed by atoms with E-state index in [9.17, 15) is 9.18 Å². The number of esters is 1. The SMILES string of the molecule is COC(=O)C[C@H](N)c1ccc(F)c(C#N)c1.Cl. The number of nitriles is 1. The molecule has 0 aliphatic heterocycles. The lowest BCUT2D eigenvalue weighted by atomic mass is 10.0. The molecule has 6 heteroatoms. The number of rotatable bonds is 3. The highest BCUT2D eigenvalue weighted by Crippen LogP contribution is 2.17. The van der Waals surface area contributed by atoms with Crippen LogP contribution in [0.2, 0.25) is 0 Å². The Morgan fingerprint density at radius 1 is 1.65 bits per heavy atom. The van der Waals surface area contributed by atoms with Crippen molar-refractivity contribution in [3.63, 3.8) is 0 Å². The molecule has 17 heavy (non-hydrogen) atoms. The van der Waals surface area contributed by atoms with Crippen LogP contribution in [0.5, 0.6) is 0 Å². The Morgan fingerprint density at radius 2 is 2.29 bits per heavy atom. The second-order valence-corrected chi connectivity index (χ2v) is 3.24. The molecule has 0 spiro atoms. The Labute approximate surface area is 105 Å². The fourth-order valence-electron chi connectivity index (χ4n) is 1.24. The minimum absolute atomic E-state index is 0. The minimum atomic E-state index is -0.600. The lowest BCUT2D eigenvalue weighted by Crippen LogP contribution is -2.16. The molecule has 1 aromatic rings. The molecule has 0 fully saturated rings. The van der Waals surface area contributed by atoms with Crippen LogP contribution in [0, 0.1) is 17.1 Å². The van der Waals surface area contributed by atoms with Gasteiger partial charge in [-0.25, -0.2) is 4.39 Å². The van der Waals surface area contributed by atoms with Crippen LogP contribution in [-0.2, 0) is 9.53 Å². The smallest absolute Gasteiger partial charge is 0.307 e. The Bertz CT molecular complexity index is 446. The predicted octanol–water partition coefficient (Wildman–Crippen LogP) is 1.68. The summed E-state index contributed by atoms with van der Waals surface area (Å²) in [6, 6.07) is 5.06. The lowest BCUT2D eigenvalue weighted by molar-refractivity contribution is -0.141. The van der Waals surface area contributed by atoms with Crippen LogP contribution in [0.25, 0.3) is 0 Å². The van der Waals surface area contributed by atoms with E-state index in [1.54, 1.807) is 6.07 Å². The van der Waals surface area contributed by atoms with E-state index in [1.807, 2.05) is 0 Å². The van der Waals surface area contributed by atoms with E-state index in [4.69, 9.17) is 11.0 Å². The van der Waals surface area contributed by atoms with Gasteiger partial charge in [-0.2, -0.15) is 5.26 Å². The molecule has 0 aromatic heterocycles. The van der Waals surface area contributed by atoms with Crippen molar-refractivity contribution in [2.75, 3.05) is 7.11 Å². The number of methoxy groups -OCH3 is 1. The molecule has 0 aliphatic carbocycles. The summed E-state index contributed by atoms with van der Waals surface area (Å²) in [6.45, 7) is 0. The van der Waals surface area contributed by atoms with E-state index in [0.29, 0.717) is 5.56 Å². The van der Waals surface area contributed by atoms with Gasteiger partial charge < -0.3 is 10.5 Å². The molecule has 2 N–H and O–H groups in total. The van der Waals surface area contributed by atoms with Gasteiger partial charge in [0.1, 0.15) is 11.9 Å². The molecule has 0 aliphatic rings. The molecule has 92 valence electrons.